The Morgan fingerprint density at radius 1 is 1.56 bits per heavy atom. The molecular formula is C11H15N3O2. The van der Waals surface area contributed by atoms with E-state index in [0.717, 1.165) is 5.57 Å². The molecule has 1 rings (SSSR count). The first-order valence-corrected chi connectivity index (χ1v) is 4.96. The lowest BCUT2D eigenvalue weighted by Crippen LogP contribution is -2.28. The van der Waals surface area contributed by atoms with Crippen LogP contribution >= 0.6 is 0 Å². The first kappa shape index (κ1) is 12.3. The van der Waals surface area contributed by atoms with E-state index in [1.54, 1.807) is 0 Å². The number of carbonyl (C=O) groups excluding carboxylic acids is 1. The third-order valence-corrected chi connectivity index (χ3v) is 1.68. The van der Waals surface area contributed by atoms with Gasteiger partial charge in [-0.2, -0.15) is 0 Å². The second kappa shape index (κ2) is 6.68. The van der Waals surface area contributed by atoms with Crippen molar-refractivity contribution in [2.24, 2.45) is 0 Å². The first-order valence-electron chi connectivity index (χ1n) is 4.96. The molecule has 1 amide bonds. The molecule has 0 aliphatic rings. The normalized spacial score (nSPS) is 9.81. The summed E-state index contributed by atoms with van der Waals surface area (Å²) in [7, 11) is 0. The van der Waals surface area contributed by atoms with Crippen LogP contribution in [0.25, 0.3) is 0 Å². The lowest BCUT2D eigenvalue weighted by molar-refractivity contribution is 0.0921. The van der Waals surface area contributed by atoms with Crippen molar-refractivity contribution in [1.82, 2.24) is 15.3 Å². The van der Waals surface area contributed by atoms with Crippen molar-refractivity contribution < 1.29 is 9.53 Å². The quantitative estimate of drug-likeness (QED) is 0.570. The average molecular weight is 221 g/mol. The molecule has 0 unspecified atom stereocenters. The SMILES string of the molecule is C=C(C)COCCNC(=O)c1cnccn1. The summed E-state index contributed by atoms with van der Waals surface area (Å²) in [5.74, 6) is -0.243. The molecule has 1 aromatic rings. The Morgan fingerprint density at radius 2 is 2.38 bits per heavy atom. The van der Waals surface area contributed by atoms with Crippen LogP contribution in [0.4, 0.5) is 0 Å². The van der Waals surface area contributed by atoms with Crippen molar-refractivity contribution in [3.05, 3.63) is 36.4 Å². The molecule has 0 bridgehead atoms. The van der Waals surface area contributed by atoms with Gasteiger partial charge in [0.1, 0.15) is 5.69 Å². The molecule has 0 saturated carbocycles. The number of ether oxygens (including phenoxy) is 1. The summed E-state index contributed by atoms with van der Waals surface area (Å²) in [6.45, 7) is 7.01. The van der Waals surface area contributed by atoms with Crippen LogP contribution in [0.1, 0.15) is 17.4 Å². The molecule has 16 heavy (non-hydrogen) atoms. The fraction of sp³-hybridized carbons (Fsp3) is 0.364. The van der Waals surface area contributed by atoms with Crippen LogP contribution in [0, 0.1) is 0 Å². The number of rotatable bonds is 6. The summed E-state index contributed by atoms with van der Waals surface area (Å²) in [4.78, 5) is 19.1. The summed E-state index contributed by atoms with van der Waals surface area (Å²) in [6.07, 6.45) is 4.42. The molecule has 0 spiro atoms. The van der Waals surface area contributed by atoms with E-state index in [-0.39, 0.29) is 5.91 Å². The van der Waals surface area contributed by atoms with E-state index in [2.05, 4.69) is 21.9 Å². The topological polar surface area (TPSA) is 64.1 Å². The van der Waals surface area contributed by atoms with Gasteiger partial charge in [-0.05, 0) is 6.92 Å². The summed E-state index contributed by atoms with van der Waals surface area (Å²) in [5, 5.41) is 2.68. The van der Waals surface area contributed by atoms with E-state index < -0.39 is 0 Å². The molecule has 0 aliphatic heterocycles. The third kappa shape index (κ3) is 4.65. The van der Waals surface area contributed by atoms with Crippen LogP contribution in [0.2, 0.25) is 0 Å². The van der Waals surface area contributed by atoms with Crippen molar-refractivity contribution in [3.63, 3.8) is 0 Å². The molecule has 0 aromatic carbocycles. The highest BCUT2D eigenvalue weighted by Crippen LogP contribution is 1.90. The lowest BCUT2D eigenvalue weighted by atomic mass is 10.4. The van der Waals surface area contributed by atoms with E-state index in [1.165, 1.54) is 18.6 Å². The molecule has 1 aromatic heterocycles. The average Bonchev–Trinajstić information content (AvgIpc) is 2.29. The second-order valence-electron chi connectivity index (χ2n) is 3.36. The number of hydrogen-bond acceptors (Lipinski definition) is 4. The lowest BCUT2D eigenvalue weighted by Gasteiger charge is -2.05. The number of amides is 1. The molecule has 0 saturated heterocycles. The Bertz CT molecular complexity index is 352. The van der Waals surface area contributed by atoms with Gasteiger partial charge in [0, 0.05) is 18.9 Å². The molecule has 0 fully saturated rings. The standard InChI is InChI=1S/C11H15N3O2/c1-9(2)8-16-6-5-14-11(15)10-7-12-3-4-13-10/h3-4,7H,1,5-6,8H2,2H3,(H,14,15). The minimum Gasteiger partial charge on any atom is -0.375 e. The van der Waals surface area contributed by atoms with E-state index in [9.17, 15) is 4.79 Å². The monoisotopic (exact) mass is 221 g/mol. The number of hydrogen-bond donors (Lipinski definition) is 1. The molecule has 0 radical (unpaired) electrons. The van der Waals surface area contributed by atoms with Crippen LogP contribution in [0.15, 0.2) is 30.7 Å². The Morgan fingerprint density at radius 3 is 3.00 bits per heavy atom. The fourth-order valence-corrected chi connectivity index (χ4v) is 0.990. The highest BCUT2D eigenvalue weighted by molar-refractivity contribution is 5.91. The fourth-order valence-electron chi connectivity index (χ4n) is 0.990. The van der Waals surface area contributed by atoms with Crippen molar-refractivity contribution in [2.45, 2.75) is 6.92 Å². The van der Waals surface area contributed by atoms with Crippen LogP contribution in [-0.2, 0) is 4.74 Å². The molecule has 5 nitrogen and oxygen atoms in total. The maximum absolute atomic E-state index is 11.5. The van der Waals surface area contributed by atoms with Gasteiger partial charge in [-0.15, -0.1) is 0 Å². The third-order valence-electron chi connectivity index (χ3n) is 1.68. The zero-order valence-electron chi connectivity index (χ0n) is 9.27. The van der Waals surface area contributed by atoms with Crippen LogP contribution < -0.4 is 5.32 Å². The van der Waals surface area contributed by atoms with Crippen molar-refractivity contribution >= 4 is 5.91 Å². The molecule has 0 atom stereocenters. The zero-order chi connectivity index (χ0) is 11.8. The van der Waals surface area contributed by atoms with Gasteiger partial charge in [-0.25, -0.2) is 4.98 Å². The van der Waals surface area contributed by atoms with E-state index in [4.69, 9.17) is 4.74 Å². The second-order valence-corrected chi connectivity index (χ2v) is 3.36. The van der Waals surface area contributed by atoms with Crippen LogP contribution in [-0.4, -0.2) is 35.6 Å². The van der Waals surface area contributed by atoms with E-state index in [1.807, 2.05) is 6.92 Å². The first-order chi connectivity index (χ1) is 7.70. The highest BCUT2D eigenvalue weighted by Gasteiger charge is 2.04. The molecular weight excluding hydrogens is 206 g/mol. The van der Waals surface area contributed by atoms with Gasteiger partial charge in [0.25, 0.3) is 5.91 Å². The number of carbonyl (C=O) groups is 1. The number of nitrogens with one attached hydrogen (secondary N) is 1. The van der Waals surface area contributed by atoms with Crippen molar-refractivity contribution in [2.75, 3.05) is 19.8 Å². The predicted octanol–water partition coefficient (Wildman–Crippen LogP) is 0.799. The smallest absolute Gasteiger partial charge is 0.271 e. The zero-order valence-corrected chi connectivity index (χ0v) is 9.27. The largest absolute Gasteiger partial charge is 0.375 e. The van der Waals surface area contributed by atoms with Gasteiger partial charge in [0.15, 0.2) is 0 Å². The van der Waals surface area contributed by atoms with Gasteiger partial charge in [0.2, 0.25) is 0 Å². The summed E-state index contributed by atoms with van der Waals surface area (Å²) >= 11 is 0. The number of nitrogens with zero attached hydrogens (tertiary/aromatic N) is 2. The number of aromatic nitrogens is 2. The van der Waals surface area contributed by atoms with Gasteiger partial charge in [-0.3, -0.25) is 9.78 Å². The molecule has 1 heterocycles. The summed E-state index contributed by atoms with van der Waals surface area (Å²) in [6, 6.07) is 0. The maximum atomic E-state index is 11.5. The Hall–Kier alpha value is -1.75. The molecule has 0 aliphatic carbocycles. The van der Waals surface area contributed by atoms with E-state index in [0.29, 0.717) is 25.5 Å². The van der Waals surface area contributed by atoms with Crippen LogP contribution in [0.5, 0.6) is 0 Å². The minimum absolute atomic E-state index is 0.243. The van der Waals surface area contributed by atoms with E-state index >= 15 is 0 Å². The Kier molecular flexibility index (Phi) is 5.15. The Balaban J connectivity index is 2.19. The van der Waals surface area contributed by atoms with Crippen LogP contribution in [0.3, 0.4) is 0 Å². The molecule has 86 valence electrons. The van der Waals surface area contributed by atoms with Gasteiger partial charge in [-0.1, -0.05) is 12.2 Å². The minimum atomic E-state index is -0.243. The van der Waals surface area contributed by atoms with Crippen molar-refractivity contribution in [1.29, 1.82) is 0 Å². The molecule has 5 heteroatoms. The Labute approximate surface area is 94.6 Å². The van der Waals surface area contributed by atoms with Gasteiger partial charge < -0.3 is 10.1 Å². The van der Waals surface area contributed by atoms with Crippen molar-refractivity contribution in [3.8, 4) is 0 Å². The predicted molar refractivity (Wildman–Crippen MR) is 60.0 cm³/mol. The molecule has 1 N–H and O–H groups in total. The van der Waals surface area contributed by atoms with Gasteiger partial charge in [0.05, 0.1) is 19.4 Å². The van der Waals surface area contributed by atoms with Gasteiger partial charge >= 0.3 is 0 Å². The summed E-state index contributed by atoms with van der Waals surface area (Å²) < 4.78 is 5.23. The summed E-state index contributed by atoms with van der Waals surface area (Å²) in [5.41, 5.74) is 1.27. The maximum Gasteiger partial charge on any atom is 0.271 e. The highest BCUT2D eigenvalue weighted by atomic mass is 16.5.